The van der Waals surface area contributed by atoms with Crippen LogP contribution in [-0.4, -0.2) is 21.4 Å². The SMILES string of the molecule is CCOc1cc(Br)ccc1-c1ncn(C)n1. The number of halogens is 1. The zero-order valence-electron chi connectivity index (χ0n) is 9.14. The molecule has 0 spiro atoms. The van der Waals surface area contributed by atoms with E-state index >= 15 is 0 Å². The Morgan fingerprint density at radius 1 is 1.44 bits per heavy atom. The smallest absolute Gasteiger partial charge is 0.184 e. The van der Waals surface area contributed by atoms with E-state index in [0.29, 0.717) is 12.4 Å². The van der Waals surface area contributed by atoms with E-state index in [1.165, 1.54) is 0 Å². The maximum absolute atomic E-state index is 5.56. The third kappa shape index (κ3) is 2.24. The molecule has 1 aromatic heterocycles. The summed E-state index contributed by atoms with van der Waals surface area (Å²) in [7, 11) is 1.84. The highest BCUT2D eigenvalue weighted by atomic mass is 79.9. The van der Waals surface area contributed by atoms with Gasteiger partial charge < -0.3 is 4.74 Å². The molecule has 2 rings (SSSR count). The molecule has 0 N–H and O–H groups in total. The molecule has 5 heteroatoms. The predicted molar refractivity (Wildman–Crippen MR) is 65.3 cm³/mol. The highest BCUT2D eigenvalue weighted by Gasteiger charge is 2.10. The summed E-state index contributed by atoms with van der Waals surface area (Å²) in [6.45, 7) is 2.58. The molecule has 0 unspecified atom stereocenters. The van der Waals surface area contributed by atoms with Crippen LogP contribution in [0.1, 0.15) is 6.92 Å². The average Bonchev–Trinajstić information content (AvgIpc) is 2.65. The highest BCUT2D eigenvalue weighted by molar-refractivity contribution is 9.10. The fraction of sp³-hybridized carbons (Fsp3) is 0.273. The van der Waals surface area contributed by atoms with E-state index in [9.17, 15) is 0 Å². The van der Waals surface area contributed by atoms with Crippen molar-refractivity contribution in [2.75, 3.05) is 6.61 Å². The van der Waals surface area contributed by atoms with Crippen molar-refractivity contribution in [3.05, 3.63) is 29.0 Å². The quantitative estimate of drug-likeness (QED) is 0.868. The van der Waals surface area contributed by atoms with Gasteiger partial charge in [0.15, 0.2) is 5.82 Å². The van der Waals surface area contributed by atoms with Crippen LogP contribution in [0.3, 0.4) is 0 Å². The lowest BCUT2D eigenvalue weighted by molar-refractivity contribution is 0.341. The molecular formula is C11H12BrN3O. The van der Waals surface area contributed by atoms with Crippen LogP contribution in [0.2, 0.25) is 0 Å². The normalized spacial score (nSPS) is 10.4. The minimum Gasteiger partial charge on any atom is -0.493 e. The molecule has 16 heavy (non-hydrogen) atoms. The Bertz CT molecular complexity index is 496. The Morgan fingerprint density at radius 2 is 2.25 bits per heavy atom. The summed E-state index contributed by atoms with van der Waals surface area (Å²) in [5.74, 6) is 1.47. The van der Waals surface area contributed by atoms with Crippen molar-refractivity contribution in [1.82, 2.24) is 14.8 Å². The van der Waals surface area contributed by atoms with Crippen LogP contribution in [0.5, 0.6) is 5.75 Å². The lowest BCUT2D eigenvalue weighted by Gasteiger charge is -2.07. The van der Waals surface area contributed by atoms with Gasteiger partial charge in [0.1, 0.15) is 12.1 Å². The summed E-state index contributed by atoms with van der Waals surface area (Å²) >= 11 is 3.42. The van der Waals surface area contributed by atoms with Gasteiger partial charge >= 0.3 is 0 Å². The molecular weight excluding hydrogens is 270 g/mol. The minimum absolute atomic E-state index is 0.621. The molecule has 2 aromatic rings. The number of ether oxygens (including phenoxy) is 1. The number of aryl methyl sites for hydroxylation is 1. The zero-order chi connectivity index (χ0) is 11.5. The summed E-state index contributed by atoms with van der Waals surface area (Å²) in [4.78, 5) is 4.22. The average molecular weight is 282 g/mol. The van der Waals surface area contributed by atoms with E-state index in [2.05, 4.69) is 26.0 Å². The summed E-state index contributed by atoms with van der Waals surface area (Å²) < 4.78 is 8.22. The second-order valence-corrected chi connectivity index (χ2v) is 4.23. The Morgan fingerprint density at radius 3 is 2.88 bits per heavy atom. The molecule has 0 saturated heterocycles. The van der Waals surface area contributed by atoms with Crippen molar-refractivity contribution >= 4 is 15.9 Å². The topological polar surface area (TPSA) is 39.9 Å². The van der Waals surface area contributed by atoms with Gasteiger partial charge in [0, 0.05) is 11.5 Å². The molecule has 0 aliphatic carbocycles. The van der Waals surface area contributed by atoms with Crippen molar-refractivity contribution < 1.29 is 4.74 Å². The first-order valence-corrected chi connectivity index (χ1v) is 5.78. The standard InChI is InChI=1S/C11H12BrN3O/c1-3-16-10-6-8(12)4-5-9(10)11-13-7-15(2)14-11/h4-7H,3H2,1-2H3. The molecule has 0 atom stereocenters. The predicted octanol–water partition coefficient (Wildman–Crippen LogP) is 2.64. The van der Waals surface area contributed by atoms with Crippen LogP contribution in [0.25, 0.3) is 11.4 Å². The number of nitrogens with zero attached hydrogens (tertiary/aromatic N) is 3. The van der Waals surface area contributed by atoms with Gasteiger partial charge in [-0.3, -0.25) is 4.68 Å². The first-order valence-electron chi connectivity index (χ1n) is 4.99. The number of benzene rings is 1. The fourth-order valence-corrected chi connectivity index (χ4v) is 1.76. The van der Waals surface area contributed by atoms with Crippen LogP contribution >= 0.6 is 15.9 Å². The summed E-state index contributed by atoms with van der Waals surface area (Å²) in [6, 6.07) is 5.83. The maximum atomic E-state index is 5.56. The second-order valence-electron chi connectivity index (χ2n) is 3.32. The van der Waals surface area contributed by atoms with Gasteiger partial charge in [0.05, 0.1) is 12.2 Å². The number of rotatable bonds is 3. The molecule has 4 nitrogen and oxygen atoms in total. The molecule has 1 heterocycles. The first kappa shape index (κ1) is 11.1. The second kappa shape index (κ2) is 4.65. The summed E-state index contributed by atoms with van der Waals surface area (Å²) in [6.07, 6.45) is 1.67. The Balaban J connectivity index is 2.47. The van der Waals surface area contributed by atoms with E-state index in [0.717, 1.165) is 15.8 Å². The fourth-order valence-electron chi connectivity index (χ4n) is 1.42. The van der Waals surface area contributed by atoms with Crippen LogP contribution < -0.4 is 4.74 Å². The molecule has 0 fully saturated rings. The van der Waals surface area contributed by atoms with Crippen molar-refractivity contribution in [3.8, 4) is 17.1 Å². The van der Waals surface area contributed by atoms with Gasteiger partial charge in [-0.2, -0.15) is 5.10 Å². The maximum Gasteiger partial charge on any atom is 0.184 e. The minimum atomic E-state index is 0.621. The van der Waals surface area contributed by atoms with Crippen LogP contribution in [0.4, 0.5) is 0 Å². The van der Waals surface area contributed by atoms with Crippen LogP contribution in [0.15, 0.2) is 29.0 Å². The summed E-state index contributed by atoms with van der Waals surface area (Å²) in [5.41, 5.74) is 0.908. The highest BCUT2D eigenvalue weighted by Crippen LogP contribution is 2.30. The lowest BCUT2D eigenvalue weighted by Crippen LogP contribution is -1.95. The van der Waals surface area contributed by atoms with Gasteiger partial charge in [0.2, 0.25) is 0 Å². The molecule has 1 aromatic carbocycles. The van der Waals surface area contributed by atoms with Gasteiger partial charge in [-0.05, 0) is 25.1 Å². The summed E-state index contributed by atoms with van der Waals surface area (Å²) in [5, 5.41) is 4.26. The van der Waals surface area contributed by atoms with E-state index in [-0.39, 0.29) is 0 Å². The van der Waals surface area contributed by atoms with Crippen molar-refractivity contribution in [3.63, 3.8) is 0 Å². The Hall–Kier alpha value is -1.36. The molecule has 0 radical (unpaired) electrons. The molecule has 0 amide bonds. The van der Waals surface area contributed by atoms with Crippen molar-refractivity contribution in [1.29, 1.82) is 0 Å². The number of hydrogen-bond donors (Lipinski definition) is 0. The van der Waals surface area contributed by atoms with Gasteiger partial charge in [-0.15, -0.1) is 0 Å². The molecule has 84 valence electrons. The lowest BCUT2D eigenvalue weighted by atomic mass is 10.2. The van der Waals surface area contributed by atoms with E-state index in [1.54, 1.807) is 11.0 Å². The van der Waals surface area contributed by atoms with Gasteiger partial charge in [-0.1, -0.05) is 15.9 Å². The largest absolute Gasteiger partial charge is 0.493 e. The number of aromatic nitrogens is 3. The van der Waals surface area contributed by atoms with E-state index in [4.69, 9.17) is 4.74 Å². The van der Waals surface area contributed by atoms with Crippen molar-refractivity contribution in [2.45, 2.75) is 6.92 Å². The van der Waals surface area contributed by atoms with E-state index < -0.39 is 0 Å². The van der Waals surface area contributed by atoms with Gasteiger partial charge in [-0.25, -0.2) is 4.98 Å². The third-order valence-corrected chi connectivity index (χ3v) is 2.58. The molecule has 0 bridgehead atoms. The molecule has 0 aliphatic rings. The van der Waals surface area contributed by atoms with Crippen LogP contribution in [-0.2, 0) is 7.05 Å². The molecule has 0 saturated carbocycles. The van der Waals surface area contributed by atoms with E-state index in [1.807, 2.05) is 32.2 Å². The third-order valence-electron chi connectivity index (χ3n) is 2.08. The van der Waals surface area contributed by atoms with Gasteiger partial charge in [0.25, 0.3) is 0 Å². The molecule has 0 aliphatic heterocycles. The zero-order valence-corrected chi connectivity index (χ0v) is 10.7. The Labute approximate surface area is 102 Å². The first-order chi connectivity index (χ1) is 7.70. The Kier molecular flexibility index (Phi) is 3.24. The van der Waals surface area contributed by atoms with Crippen molar-refractivity contribution in [2.24, 2.45) is 7.05 Å². The number of hydrogen-bond acceptors (Lipinski definition) is 3. The van der Waals surface area contributed by atoms with Crippen LogP contribution in [0, 0.1) is 0 Å². The monoisotopic (exact) mass is 281 g/mol.